The van der Waals surface area contributed by atoms with Gasteiger partial charge in [0.05, 0.1) is 6.54 Å². The Bertz CT molecular complexity index is 1280. The first kappa shape index (κ1) is 53.9. The lowest BCUT2D eigenvalue weighted by Gasteiger charge is -2.41. The summed E-state index contributed by atoms with van der Waals surface area (Å²) in [7, 11) is 5.48. The number of carbonyl (C=O) groups excluding carboxylic acids is 3. The number of rotatable bonds is 26. The highest BCUT2D eigenvalue weighted by molar-refractivity contribution is 7.80. The Hall–Kier alpha value is -3.09. The van der Waals surface area contributed by atoms with Crippen molar-refractivity contribution in [2.24, 2.45) is 29.6 Å². The number of benzene rings is 1. The van der Waals surface area contributed by atoms with E-state index in [4.69, 9.17) is 4.74 Å². The molecule has 0 bridgehead atoms. The summed E-state index contributed by atoms with van der Waals surface area (Å²) >= 11 is 4.18. The number of hydrogen-bond acceptors (Lipinski definition) is 8. The Morgan fingerprint density at radius 3 is 2.05 bits per heavy atom. The average molecular weight is 820 g/mol. The van der Waals surface area contributed by atoms with Crippen molar-refractivity contribution < 1.29 is 29.0 Å². The minimum Gasteiger partial charge on any atom is -0.480 e. The molecule has 1 aliphatic carbocycles. The molecule has 0 heterocycles. The Kier molecular flexibility index (Phi) is 28.4. The quantitative estimate of drug-likeness (QED) is 0.0434. The largest absolute Gasteiger partial charge is 0.480 e. The lowest BCUT2D eigenvalue weighted by Crippen LogP contribution is -2.52. The van der Waals surface area contributed by atoms with Crippen molar-refractivity contribution in [3.05, 3.63) is 48.2 Å². The maximum absolute atomic E-state index is 14.2. The van der Waals surface area contributed by atoms with Crippen molar-refractivity contribution in [1.29, 1.82) is 0 Å². The van der Waals surface area contributed by atoms with Crippen LogP contribution in [0.2, 0.25) is 0 Å². The van der Waals surface area contributed by atoms with E-state index in [2.05, 4.69) is 97.2 Å². The summed E-state index contributed by atoms with van der Waals surface area (Å²) < 4.78 is 5.94. The Balaban J connectivity index is 0.00000207. The third kappa shape index (κ3) is 19.9. The van der Waals surface area contributed by atoms with Crippen molar-refractivity contribution >= 4 is 36.8 Å². The van der Waals surface area contributed by atoms with Gasteiger partial charge in [0.1, 0.15) is 12.3 Å². The SMILES string of the molecule is C=C(NC(Cc1ccccc1)C(=O)O)C(C)C(OC)N(CCCC)C(=O)CC(C1CC1)C(C(C)CC)N(C)C(=O)CNC=O.CC(C)C(C)N(C)CCS.CCC. The molecule has 12 heteroatoms. The zero-order chi connectivity index (χ0) is 43.7. The maximum Gasteiger partial charge on any atom is 0.326 e. The molecule has 0 aromatic heterocycles. The van der Waals surface area contributed by atoms with Gasteiger partial charge in [-0.2, -0.15) is 12.6 Å². The highest BCUT2D eigenvalue weighted by Gasteiger charge is 2.44. The van der Waals surface area contributed by atoms with E-state index in [9.17, 15) is 24.3 Å². The van der Waals surface area contributed by atoms with Crippen LogP contribution in [0.5, 0.6) is 0 Å². The van der Waals surface area contributed by atoms with Gasteiger partial charge in [-0.05, 0) is 62.5 Å². The van der Waals surface area contributed by atoms with Crippen molar-refractivity contribution in [2.75, 3.05) is 46.6 Å². The predicted molar refractivity (Wildman–Crippen MR) is 238 cm³/mol. The number of nitrogens with zero attached hydrogens (tertiary/aromatic N) is 3. The van der Waals surface area contributed by atoms with Crippen molar-refractivity contribution in [2.45, 2.75) is 138 Å². The molecule has 328 valence electrons. The van der Waals surface area contributed by atoms with E-state index in [1.54, 1.807) is 24.0 Å². The Morgan fingerprint density at radius 1 is 1.00 bits per heavy atom. The number of nitrogens with one attached hydrogen (secondary N) is 2. The molecule has 7 unspecified atom stereocenters. The molecule has 1 aliphatic rings. The number of unbranched alkanes of at least 4 members (excludes halogenated alkanes) is 1. The molecular weight excluding hydrogens is 739 g/mol. The van der Waals surface area contributed by atoms with Gasteiger partial charge in [-0.15, -0.1) is 0 Å². The summed E-state index contributed by atoms with van der Waals surface area (Å²) in [4.78, 5) is 56.0. The fourth-order valence-corrected chi connectivity index (χ4v) is 7.25. The van der Waals surface area contributed by atoms with Crippen LogP contribution in [0.4, 0.5) is 0 Å². The van der Waals surface area contributed by atoms with Crippen LogP contribution < -0.4 is 10.6 Å². The second-order valence-corrected chi connectivity index (χ2v) is 16.5. The van der Waals surface area contributed by atoms with Gasteiger partial charge < -0.3 is 35.2 Å². The first-order chi connectivity index (χ1) is 27.0. The van der Waals surface area contributed by atoms with E-state index in [1.165, 1.54) is 6.42 Å². The molecule has 11 nitrogen and oxygen atoms in total. The van der Waals surface area contributed by atoms with E-state index in [0.29, 0.717) is 30.6 Å². The molecule has 0 saturated heterocycles. The van der Waals surface area contributed by atoms with Crippen LogP contribution in [-0.4, -0.2) is 115 Å². The minimum atomic E-state index is -0.986. The highest BCUT2D eigenvalue weighted by Crippen LogP contribution is 2.44. The molecule has 3 amide bonds. The van der Waals surface area contributed by atoms with Crippen molar-refractivity contribution in [3.63, 3.8) is 0 Å². The monoisotopic (exact) mass is 820 g/mol. The van der Waals surface area contributed by atoms with Crippen LogP contribution in [0.1, 0.15) is 113 Å². The number of carbonyl (C=O) groups is 4. The van der Waals surface area contributed by atoms with Gasteiger partial charge in [-0.1, -0.05) is 112 Å². The fourth-order valence-electron chi connectivity index (χ4n) is 6.93. The van der Waals surface area contributed by atoms with E-state index in [1.807, 2.05) is 37.3 Å². The number of likely N-dealkylation sites (N-methyl/N-ethyl adjacent to an activating group) is 1. The second kappa shape index (κ2) is 30.0. The number of aliphatic carboxylic acids is 1. The fraction of sp³-hybridized carbons (Fsp3) is 0.733. The first-order valence-corrected chi connectivity index (χ1v) is 21.9. The van der Waals surface area contributed by atoms with Gasteiger partial charge in [0, 0.05) is 69.5 Å². The smallest absolute Gasteiger partial charge is 0.326 e. The minimum absolute atomic E-state index is 0.0387. The molecule has 0 spiro atoms. The summed E-state index contributed by atoms with van der Waals surface area (Å²) in [6, 6.07) is 9.04. The van der Waals surface area contributed by atoms with Gasteiger partial charge in [0.15, 0.2) is 0 Å². The van der Waals surface area contributed by atoms with Gasteiger partial charge in [-0.25, -0.2) is 4.79 Å². The molecule has 1 saturated carbocycles. The molecule has 0 aliphatic heterocycles. The number of hydrogen-bond donors (Lipinski definition) is 4. The van der Waals surface area contributed by atoms with Gasteiger partial charge in [0.25, 0.3) is 0 Å². The molecule has 57 heavy (non-hydrogen) atoms. The predicted octanol–water partition coefficient (Wildman–Crippen LogP) is 7.37. The molecule has 0 radical (unpaired) electrons. The Labute approximate surface area is 352 Å². The lowest BCUT2D eigenvalue weighted by atomic mass is 9.81. The molecule has 1 fully saturated rings. The summed E-state index contributed by atoms with van der Waals surface area (Å²) in [6.45, 7) is 24.8. The summed E-state index contributed by atoms with van der Waals surface area (Å²) in [5, 5.41) is 15.5. The molecule has 1 aromatic rings. The van der Waals surface area contributed by atoms with Crippen LogP contribution >= 0.6 is 12.6 Å². The van der Waals surface area contributed by atoms with Crippen molar-refractivity contribution in [1.82, 2.24) is 25.3 Å². The van der Waals surface area contributed by atoms with Crippen molar-refractivity contribution in [3.8, 4) is 0 Å². The van der Waals surface area contributed by atoms with Crippen LogP contribution in [-0.2, 0) is 30.3 Å². The summed E-state index contributed by atoms with van der Waals surface area (Å²) in [5.41, 5.74) is 1.38. The standard InChI is InChI=1S/C34H54N4O6.C8H19NS.C3H8/c1-8-10-18-38(33(44-7)24(4)25(5)36-29(34(42)43)19-26-14-12-11-13-15-26)30(40)20-28(27-16-17-27)32(23(3)9-2)37(6)31(41)21-35-22-39;1-7(2)8(3)9(4)5-6-10;1-3-2/h11-15,22-24,27-29,32-33,36H,5,8-10,16-21H2,1-4,6-7H3,(H,35,39)(H,42,43);7-8,10H,5-6H2,1-4H3;3H2,1-2H3. The molecule has 2 rings (SSSR count). The lowest BCUT2D eigenvalue weighted by molar-refractivity contribution is -0.151. The molecule has 3 N–H and O–H groups in total. The molecular formula is C45H81N5O6S. The highest BCUT2D eigenvalue weighted by atomic mass is 32.1. The number of ether oxygens (including phenoxy) is 1. The van der Waals surface area contributed by atoms with Crippen LogP contribution in [0.3, 0.4) is 0 Å². The van der Waals surface area contributed by atoms with E-state index in [-0.39, 0.29) is 49.1 Å². The number of carboxylic acids is 1. The van der Waals surface area contributed by atoms with Gasteiger partial charge in [0.2, 0.25) is 18.2 Å². The number of thiol groups is 1. The number of methoxy groups -OCH3 is 1. The van der Waals surface area contributed by atoms with E-state index < -0.39 is 24.2 Å². The van der Waals surface area contributed by atoms with Gasteiger partial charge >= 0.3 is 5.97 Å². The number of amides is 3. The van der Waals surface area contributed by atoms with E-state index in [0.717, 1.165) is 55.9 Å². The zero-order valence-electron chi connectivity index (χ0n) is 37.6. The zero-order valence-corrected chi connectivity index (χ0v) is 38.5. The molecule has 7 atom stereocenters. The normalized spacial score (nSPS) is 15.9. The third-order valence-electron chi connectivity index (χ3n) is 11.1. The van der Waals surface area contributed by atoms with E-state index >= 15 is 0 Å². The summed E-state index contributed by atoms with van der Waals surface area (Å²) in [6.07, 6.45) is 6.20. The average Bonchev–Trinajstić information content (AvgIpc) is 4.04. The number of carboxylic acid groups (broad SMARTS) is 1. The topological polar surface area (TPSA) is 132 Å². The van der Waals surface area contributed by atoms with Crippen LogP contribution in [0.15, 0.2) is 42.6 Å². The Morgan fingerprint density at radius 2 is 1.60 bits per heavy atom. The maximum atomic E-state index is 14.2. The van der Waals surface area contributed by atoms with Crippen LogP contribution in [0.25, 0.3) is 0 Å². The molecule has 1 aromatic carbocycles. The van der Waals surface area contributed by atoms with Crippen LogP contribution in [0, 0.1) is 29.6 Å². The van der Waals surface area contributed by atoms with Gasteiger partial charge in [-0.3, -0.25) is 14.4 Å². The first-order valence-electron chi connectivity index (χ1n) is 21.3. The third-order valence-corrected chi connectivity index (χ3v) is 11.3. The second-order valence-electron chi connectivity index (χ2n) is 16.1. The summed E-state index contributed by atoms with van der Waals surface area (Å²) in [5.74, 6) is 0.521.